The van der Waals surface area contributed by atoms with Crippen LogP contribution in [0.5, 0.6) is 11.6 Å². The number of aliphatic hydroxyl groups excluding tert-OH is 1. The van der Waals surface area contributed by atoms with Crippen molar-refractivity contribution in [3.8, 4) is 22.8 Å². The number of fused-ring (bicyclic) bond motifs is 1. The summed E-state index contributed by atoms with van der Waals surface area (Å²) in [6.07, 6.45) is 2.20. The molecule has 0 fully saturated rings. The lowest BCUT2D eigenvalue weighted by Gasteiger charge is -2.32. The fourth-order valence-electron chi connectivity index (χ4n) is 5.30. The van der Waals surface area contributed by atoms with Crippen molar-refractivity contribution in [2.75, 3.05) is 7.11 Å². The molecule has 2 aromatic carbocycles. The summed E-state index contributed by atoms with van der Waals surface area (Å²) in [7, 11) is 1.63. The van der Waals surface area contributed by atoms with Gasteiger partial charge in [-0.1, -0.05) is 30.3 Å². The second-order valence-corrected chi connectivity index (χ2v) is 10.9. The van der Waals surface area contributed by atoms with Gasteiger partial charge in [0.05, 0.1) is 19.1 Å². The Morgan fingerprint density at radius 1 is 1.08 bits per heavy atom. The third kappa shape index (κ3) is 6.43. The number of carboxylic acids is 1. The normalized spacial score (nSPS) is 16.6. The highest BCUT2D eigenvalue weighted by molar-refractivity contribution is 5.71. The molecule has 0 saturated carbocycles. The number of methoxy groups -OCH3 is 1. The molecule has 2 N–H and O–H groups in total. The SMILES string of the molecule is COc1cc(-c2ccc(C3CCc4ccc([C@H](O)[C@H](C)C(=O)O)cc4O3)cc2CN(C(C)C)C(C)C)ccn1. The maximum Gasteiger partial charge on any atom is 0.309 e. The number of hydrogen-bond acceptors (Lipinski definition) is 6. The van der Waals surface area contributed by atoms with E-state index < -0.39 is 18.0 Å². The molecule has 3 aromatic rings. The summed E-state index contributed by atoms with van der Waals surface area (Å²) in [5, 5.41) is 19.9. The van der Waals surface area contributed by atoms with Gasteiger partial charge in [-0.05, 0) is 93.0 Å². The highest BCUT2D eigenvalue weighted by atomic mass is 16.5. The second-order valence-electron chi connectivity index (χ2n) is 10.9. The molecule has 4 rings (SSSR count). The Kier molecular flexibility index (Phi) is 8.93. The van der Waals surface area contributed by atoms with Crippen LogP contribution in [0.4, 0.5) is 0 Å². The van der Waals surface area contributed by atoms with Gasteiger partial charge < -0.3 is 19.7 Å². The molecule has 39 heavy (non-hydrogen) atoms. The van der Waals surface area contributed by atoms with Gasteiger partial charge in [0, 0.05) is 30.9 Å². The number of hydrogen-bond donors (Lipinski definition) is 2. The van der Waals surface area contributed by atoms with E-state index in [4.69, 9.17) is 9.47 Å². The van der Waals surface area contributed by atoms with Crippen molar-refractivity contribution >= 4 is 5.97 Å². The van der Waals surface area contributed by atoms with Gasteiger partial charge in [-0.15, -0.1) is 0 Å². The first-order chi connectivity index (χ1) is 18.6. The van der Waals surface area contributed by atoms with Crippen LogP contribution in [0.15, 0.2) is 54.7 Å². The standard InChI is InChI=1S/C32H40N2O5/c1-19(2)34(20(3)4)18-26-15-24(9-11-27(26)23-13-14-33-30(17-23)38-6)28-12-10-22-7-8-25(16-29(22)39-28)31(35)21(5)32(36)37/h7-9,11,13-17,19-21,28,31,35H,10,12,18H2,1-6H3,(H,36,37)/t21-,28?,31+/m0/s1. The van der Waals surface area contributed by atoms with Gasteiger partial charge in [0.25, 0.3) is 0 Å². The molecule has 3 atom stereocenters. The number of aliphatic hydroxyl groups is 1. The summed E-state index contributed by atoms with van der Waals surface area (Å²) < 4.78 is 11.9. The topological polar surface area (TPSA) is 92.1 Å². The number of rotatable bonds is 10. The molecule has 7 nitrogen and oxygen atoms in total. The van der Waals surface area contributed by atoms with Gasteiger partial charge in [-0.2, -0.15) is 0 Å². The van der Waals surface area contributed by atoms with Crippen LogP contribution in [0.1, 0.15) is 75.5 Å². The number of aliphatic carboxylic acids is 1. The zero-order valence-corrected chi connectivity index (χ0v) is 23.7. The molecular formula is C32H40N2O5. The predicted molar refractivity (Wildman–Crippen MR) is 152 cm³/mol. The van der Waals surface area contributed by atoms with E-state index in [2.05, 4.69) is 55.8 Å². The summed E-state index contributed by atoms with van der Waals surface area (Å²) >= 11 is 0. The summed E-state index contributed by atoms with van der Waals surface area (Å²) in [6, 6.07) is 16.8. The molecule has 1 unspecified atom stereocenters. The maximum absolute atomic E-state index is 11.4. The Labute approximate surface area is 231 Å². The minimum atomic E-state index is -1.10. The van der Waals surface area contributed by atoms with Crippen molar-refractivity contribution in [3.63, 3.8) is 0 Å². The summed E-state index contributed by atoms with van der Waals surface area (Å²) in [6.45, 7) is 11.2. The maximum atomic E-state index is 11.4. The Morgan fingerprint density at radius 3 is 2.49 bits per heavy atom. The van der Waals surface area contributed by atoms with Crippen molar-refractivity contribution in [3.05, 3.63) is 77.0 Å². The van der Waals surface area contributed by atoms with Crippen LogP contribution in [-0.4, -0.2) is 45.3 Å². The zero-order chi connectivity index (χ0) is 28.3. The minimum Gasteiger partial charge on any atom is -0.485 e. The Morgan fingerprint density at radius 2 is 1.82 bits per heavy atom. The molecule has 0 radical (unpaired) electrons. The quantitative estimate of drug-likeness (QED) is 0.321. The lowest BCUT2D eigenvalue weighted by molar-refractivity contribution is -0.145. The molecule has 0 spiro atoms. The lowest BCUT2D eigenvalue weighted by Crippen LogP contribution is -2.36. The third-order valence-corrected chi connectivity index (χ3v) is 7.68. The monoisotopic (exact) mass is 532 g/mol. The van der Waals surface area contributed by atoms with Crippen molar-refractivity contribution < 1.29 is 24.5 Å². The molecule has 2 heterocycles. The Hall–Kier alpha value is -3.42. The van der Waals surface area contributed by atoms with Crippen molar-refractivity contribution in [2.45, 2.75) is 78.3 Å². The molecule has 0 amide bonds. The zero-order valence-electron chi connectivity index (χ0n) is 23.7. The fourth-order valence-corrected chi connectivity index (χ4v) is 5.30. The molecule has 1 aromatic heterocycles. The van der Waals surface area contributed by atoms with Gasteiger partial charge in [0.2, 0.25) is 5.88 Å². The lowest BCUT2D eigenvalue weighted by atomic mass is 9.91. The van der Waals surface area contributed by atoms with E-state index in [1.54, 1.807) is 25.4 Å². The van der Waals surface area contributed by atoms with Crippen LogP contribution >= 0.6 is 0 Å². The summed E-state index contributed by atoms with van der Waals surface area (Å²) in [5.41, 5.74) is 6.11. The first kappa shape index (κ1) is 28.6. The highest BCUT2D eigenvalue weighted by Gasteiger charge is 2.27. The molecule has 1 aliphatic rings. The van der Waals surface area contributed by atoms with Crippen LogP contribution in [-0.2, 0) is 17.8 Å². The van der Waals surface area contributed by atoms with E-state index in [1.165, 1.54) is 12.5 Å². The van der Waals surface area contributed by atoms with Crippen molar-refractivity contribution in [1.82, 2.24) is 9.88 Å². The molecule has 0 bridgehead atoms. The van der Waals surface area contributed by atoms with E-state index >= 15 is 0 Å². The van der Waals surface area contributed by atoms with Crippen molar-refractivity contribution in [2.24, 2.45) is 5.92 Å². The van der Waals surface area contributed by atoms with Gasteiger partial charge in [0.1, 0.15) is 11.9 Å². The molecule has 7 heteroatoms. The van der Waals surface area contributed by atoms with Crippen LogP contribution in [0.3, 0.4) is 0 Å². The van der Waals surface area contributed by atoms with Crippen LogP contribution in [0.2, 0.25) is 0 Å². The Balaban J connectivity index is 1.68. The highest BCUT2D eigenvalue weighted by Crippen LogP contribution is 2.39. The van der Waals surface area contributed by atoms with Gasteiger partial charge >= 0.3 is 5.97 Å². The third-order valence-electron chi connectivity index (χ3n) is 7.68. The van der Waals surface area contributed by atoms with E-state index in [1.807, 2.05) is 18.2 Å². The number of carbonyl (C=O) groups is 1. The number of aryl methyl sites for hydroxylation is 1. The number of ether oxygens (including phenoxy) is 2. The van der Waals surface area contributed by atoms with Crippen LogP contribution in [0, 0.1) is 5.92 Å². The second kappa shape index (κ2) is 12.2. The summed E-state index contributed by atoms with van der Waals surface area (Å²) in [5.74, 6) is -0.657. The van der Waals surface area contributed by atoms with Gasteiger partial charge in [0.15, 0.2) is 0 Å². The molecule has 208 valence electrons. The Bertz CT molecular complexity index is 1300. The molecule has 0 saturated heterocycles. The van der Waals surface area contributed by atoms with Crippen molar-refractivity contribution in [1.29, 1.82) is 0 Å². The first-order valence-electron chi connectivity index (χ1n) is 13.7. The van der Waals surface area contributed by atoms with Gasteiger partial charge in [-0.3, -0.25) is 9.69 Å². The predicted octanol–water partition coefficient (Wildman–Crippen LogP) is 6.20. The molecular weight excluding hydrogens is 492 g/mol. The van der Waals surface area contributed by atoms with Crippen LogP contribution < -0.4 is 9.47 Å². The van der Waals surface area contributed by atoms with E-state index in [0.717, 1.165) is 41.6 Å². The smallest absolute Gasteiger partial charge is 0.309 e. The summed E-state index contributed by atoms with van der Waals surface area (Å²) in [4.78, 5) is 18.1. The largest absolute Gasteiger partial charge is 0.485 e. The van der Waals surface area contributed by atoms with E-state index in [9.17, 15) is 15.0 Å². The van der Waals surface area contributed by atoms with E-state index in [0.29, 0.717) is 29.3 Å². The van der Waals surface area contributed by atoms with E-state index in [-0.39, 0.29) is 6.10 Å². The number of benzene rings is 2. The number of nitrogens with zero attached hydrogens (tertiary/aromatic N) is 2. The molecule has 0 aliphatic carbocycles. The molecule has 1 aliphatic heterocycles. The average molecular weight is 533 g/mol. The number of carboxylic acid groups (broad SMARTS) is 1. The number of aromatic nitrogens is 1. The minimum absolute atomic E-state index is 0.145. The fraction of sp³-hybridized carbons (Fsp3) is 0.438. The average Bonchev–Trinajstić information content (AvgIpc) is 2.93. The first-order valence-corrected chi connectivity index (χ1v) is 13.7. The van der Waals surface area contributed by atoms with Crippen LogP contribution in [0.25, 0.3) is 11.1 Å². The van der Waals surface area contributed by atoms with Gasteiger partial charge in [-0.25, -0.2) is 4.98 Å². The number of pyridine rings is 1.